The molecular weight excluding hydrogens is 290 g/mol. The lowest BCUT2D eigenvalue weighted by molar-refractivity contribution is 0.783. The molecule has 3 nitrogen and oxygen atoms in total. The van der Waals surface area contributed by atoms with Crippen LogP contribution in [0.25, 0.3) is 0 Å². The van der Waals surface area contributed by atoms with E-state index in [1.807, 2.05) is 36.6 Å². The Morgan fingerprint density at radius 1 is 1.39 bits per heavy atom. The molecule has 0 fully saturated rings. The molecule has 1 aromatic heterocycles. The van der Waals surface area contributed by atoms with Crippen LogP contribution in [-0.2, 0) is 6.54 Å². The summed E-state index contributed by atoms with van der Waals surface area (Å²) in [7, 11) is 0. The summed E-state index contributed by atoms with van der Waals surface area (Å²) >= 11 is 3.45. The van der Waals surface area contributed by atoms with E-state index in [4.69, 9.17) is 11.0 Å². The normalized spacial score (nSPS) is 10.3. The molecule has 0 saturated heterocycles. The minimum atomic E-state index is 0.549. The summed E-state index contributed by atoms with van der Waals surface area (Å²) in [5.41, 5.74) is 9.78. The number of aromatic nitrogens is 1. The number of hydrogen-bond acceptors (Lipinski definition) is 2. The van der Waals surface area contributed by atoms with Gasteiger partial charge in [-0.1, -0.05) is 28.1 Å². The van der Waals surface area contributed by atoms with Crippen LogP contribution in [0.5, 0.6) is 0 Å². The smallest absolute Gasteiger partial charge is 0.122 e. The molecule has 0 amide bonds. The van der Waals surface area contributed by atoms with Crippen molar-refractivity contribution in [2.24, 2.45) is 0 Å². The SMILES string of the molecule is Cc1c(C#N)c(N)n(Cc2cccc(Br)c2)c1C. The van der Waals surface area contributed by atoms with Gasteiger partial charge in [-0.05, 0) is 37.1 Å². The molecule has 2 rings (SSSR count). The maximum absolute atomic E-state index is 9.10. The van der Waals surface area contributed by atoms with Crippen molar-refractivity contribution in [3.63, 3.8) is 0 Å². The highest BCUT2D eigenvalue weighted by atomic mass is 79.9. The van der Waals surface area contributed by atoms with Gasteiger partial charge in [-0.15, -0.1) is 0 Å². The van der Waals surface area contributed by atoms with Crippen LogP contribution >= 0.6 is 15.9 Å². The molecule has 4 heteroatoms. The van der Waals surface area contributed by atoms with Crippen LogP contribution in [0.4, 0.5) is 5.82 Å². The van der Waals surface area contributed by atoms with E-state index in [0.717, 1.165) is 21.3 Å². The number of rotatable bonds is 2. The lowest BCUT2D eigenvalue weighted by Crippen LogP contribution is -2.06. The molecule has 0 unspecified atom stereocenters. The van der Waals surface area contributed by atoms with E-state index in [-0.39, 0.29) is 0 Å². The Morgan fingerprint density at radius 3 is 2.67 bits per heavy atom. The first-order chi connectivity index (χ1) is 8.54. The van der Waals surface area contributed by atoms with Gasteiger partial charge in [-0.3, -0.25) is 0 Å². The van der Waals surface area contributed by atoms with E-state index in [1.54, 1.807) is 0 Å². The summed E-state index contributed by atoms with van der Waals surface area (Å²) in [5, 5.41) is 9.10. The number of hydrogen-bond donors (Lipinski definition) is 1. The standard InChI is InChI=1S/C14H14BrN3/c1-9-10(2)18(14(17)13(9)7-16)8-11-4-3-5-12(15)6-11/h3-6H,8,17H2,1-2H3. The van der Waals surface area contributed by atoms with Gasteiger partial charge in [0.25, 0.3) is 0 Å². The van der Waals surface area contributed by atoms with Gasteiger partial charge < -0.3 is 10.3 Å². The van der Waals surface area contributed by atoms with Crippen LogP contribution in [0.1, 0.15) is 22.4 Å². The van der Waals surface area contributed by atoms with Gasteiger partial charge in [0.2, 0.25) is 0 Å². The number of nitrogens with two attached hydrogens (primary N) is 1. The van der Waals surface area contributed by atoms with Crippen molar-refractivity contribution in [1.82, 2.24) is 4.57 Å². The van der Waals surface area contributed by atoms with Crippen LogP contribution in [0, 0.1) is 25.2 Å². The van der Waals surface area contributed by atoms with Crippen LogP contribution in [0.2, 0.25) is 0 Å². The maximum atomic E-state index is 9.10. The van der Waals surface area contributed by atoms with E-state index in [1.165, 1.54) is 0 Å². The van der Waals surface area contributed by atoms with Gasteiger partial charge in [0.1, 0.15) is 11.9 Å². The van der Waals surface area contributed by atoms with E-state index < -0.39 is 0 Å². The topological polar surface area (TPSA) is 54.7 Å². The third-order valence-electron chi connectivity index (χ3n) is 3.21. The van der Waals surface area contributed by atoms with Crippen molar-refractivity contribution < 1.29 is 0 Å². The zero-order valence-corrected chi connectivity index (χ0v) is 12.0. The third-order valence-corrected chi connectivity index (χ3v) is 3.70. The molecule has 2 aromatic rings. The third kappa shape index (κ3) is 2.14. The van der Waals surface area contributed by atoms with Crippen molar-refractivity contribution in [2.75, 3.05) is 5.73 Å². The molecule has 0 bridgehead atoms. The number of nitrogen functional groups attached to an aromatic ring is 1. The predicted octanol–water partition coefficient (Wildman–Crippen LogP) is 3.37. The Bertz CT molecular complexity index is 635. The Morgan fingerprint density at radius 2 is 2.11 bits per heavy atom. The molecule has 18 heavy (non-hydrogen) atoms. The first kappa shape index (κ1) is 12.7. The zero-order valence-electron chi connectivity index (χ0n) is 10.4. The van der Waals surface area contributed by atoms with Crippen LogP contribution < -0.4 is 5.73 Å². The second kappa shape index (κ2) is 4.87. The lowest BCUT2D eigenvalue weighted by Gasteiger charge is -2.09. The fourth-order valence-corrected chi connectivity index (χ4v) is 2.50. The highest BCUT2D eigenvalue weighted by molar-refractivity contribution is 9.10. The van der Waals surface area contributed by atoms with Crippen molar-refractivity contribution >= 4 is 21.7 Å². The van der Waals surface area contributed by atoms with E-state index >= 15 is 0 Å². The van der Waals surface area contributed by atoms with E-state index in [0.29, 0.717) is 17.9 Å². The highest BCUT2D eigenvalue weighted by Crippen LogP contribution is 2.25. The molecule has 0 spiro atoms. The minimum absolute atomic E-state index is 0.549. The van der Waals surface area contributed by atoms with Crippen molar-refractivity contribution in [3.05, 3.63) is 51.1 Å². The van der Waals surface area contributed by atoms with Gasteiger partial charge >= 0.3 is 0 Å². The summed E-state index contributed by atoms with van der Waals surface area (Å²) in [6.07, 6.45) is 0. The molecule has 0 atom stereocenters. The monoisotopic (exact) mass is 303 g/mol. The summed E-state index contributed by atoms with van der Waals surface area (Å²) in [5.74, 6) is 0.549. The fourth-order valence-electron chi connectivity index (χ4n) is 2.05. The molecule has 92 valence electrons. The molecule has 2 N–H and O–H groups in total. The molecule has 0 aliphatic rings. The summed E-state index contributed by atoms with van der Waals surface area (Å²) in [6.45, 7) is 4.60. The van der Waals surface area contributed by atoms with E-state index in [9.17, 15) is 0 Å². The molecule has 1 heterocycles. The highest BCUT2D eigenvalue weighted by Gasteiger charge is 2.14. The Hall–Kier alpha value is -1.73. The minimum Gasteiger partial charge on any atom is -0.384 e. The zero-order chi connectivity index (χ0) is 13.3. The number of anilines is 1. The van der Waals surface area contributed by atoms with Gasteiger partial charge in [0, 0.05) is 16.7 Å². The lowest BCUT2D eigenvalue weighted by atomic mass is 10.2. The van der Waals surface area contributed by atoms with Crippen molar-refractivity contribution in [2.45, 2.75) is 20.4 Å². The largest absolute Gasteiger partial charge is 0.384 e. The van der Waals surface area contributed by atoms with Gasteiger partial charge in [0.15, 0.2) is 0 Å². The molecule has 1 aromatic carbocycles. The first-order valence-corrected chi connectivity index (χ1v) is 6.43. The van der Waals surface area contributed by atoms with Crippen LogP contribution in [0.15, 0.2) is 28.7 Å². The molecule has 0 aliphatic carbocycles. The van der Waals surface area contributed by atoms with Crippen LogP contribution in [0.3, 0.4) is 0 Å². The average Bonchev–Trinajstić information content (AvgIpc) is 2.53. The van der Waals surface area contributed by atoms with E-state index in [2.05, 4.69) is 28.1 Å². The fraction of sp³-hybridized carbons (Fsp3) is 0.214. The van der Waals surface area contributed by atoms with Gasteiger partial charge in [-0.2, -0.15) is 5.26 Å². The summed E-state index contributed by atoms with van der Waals surface area (Å²) < 4.78 is 3.02. The Labute approximate surface area is 115 Å². The van der Waals surface area contributed by atoms with Crippen LogP contribution in [-0.4, -0.2) is 4.57 Å². The van der Waals surface area contributed by atoms with Crippen molar-refractivity contribution in [3.8, 4) is 6.07 Å². The van der Waals surface area contributed by atoms with Gasteiger partial charge in [-0.25, -0.2) is 0 Å². The maximum Gasteiger partial charge on any atom is 0.122 e. The quantitative estimate of drug-likeness (QED) is 0.925. The number of halogens is 1. The first-order valence-electron chi connectivity index (χ1n) is 5.64. The molecule has 0 saturated carbocycles. The Kier molecular flexibility index (Phi) is 3.44. The second-order valence-electron chi connectivity index (χ2n) is 4.30. The number of nitrogens with zero attached hydrogens (tertiary/aromatic N) is 2. The predicted molar refractivity (Wildman–Crippen MR) is 76.3 cm³/mol. The summed E-state index contributed by atoms with van der Waals surface area (Å²) in [6, 6.07) is 10.2. The molecular formula is C14H14BrN3. The van der Waals surface area contributed by atoms with Crippen molar-refractivity contribution in [1.29, 1.82) is 5.26 Å². The number of benzene rings is 1. The second-order valence-corrected chi connectivity index (χ2v) is 5.21. The number of nitriles is 1. The van der Waals surface area contributed by atoms with Gasteiger partial charge in [0.05, 0.1) is 5.56 Å². The Balaban J connectivity index is 2.45. The molecule has 0 radical (unpaired) electrons. The molecule has 0 aliphatic heterocycles. The summed E-state index contributed by atoms with van der Waals surface area (Å²) in [4.78, 5) is 0. The average molecular weight is 304 g/mol.